The van der Waals surface area contributed by atoms with Crippen LogP contribution in [-0.4, -0.2) is 36.0 Å². The van der Waals surface area contributed by atoms with Crippen LogP contribution in [0.15, 0.2) is 0 Å². The largest absolute Gasteiger partial charge is 0.396 e. The van der Waals surface area contributed by atoms with Crippen molar-refractivity contribution in [2.45, 2.75) is 58.4 Å². The molecule has 1 aliphatic rings. The number of aliphatic hydroxyl groups is 2. The average Bonchev–Trinajstić information content (AvgIpc) is 2.35. The second-order valence-corrected chi connectivity index (χ2v) is 5.96. The molecule has 0 radical (unpaired) electrons. The molecule has 3 N–H and O–H groups in total. The first-order chi connectivity index (χ1) is 8.13. The smallest absolute Gasteiger partial charge is 0.0499 e. The Morgan fingerprint density at radius 1 is 1.12 bits per heavy atom. The molecule has 0 amide bonds. The summed E-state index contributed by atoms with van der Waals surface area (Å²) in [7, 11) is 0. The lowest BCUT2D eigenvalue weighted by atomic mass is 9.74. The van der Waals surface area contributed by atoms with E-state index in [0.29, 0.717) is 18.6 Å². The molecule has 1 unspecified atom stereocenters. The Morgan fingerprint density at radius 2 is 1.76 bits per heavy atom. The molecule has 0 aromatic carbocycles. The Balaban J connectivity index is 2.44. The van der Waals surface area contributed by atoms with Gasteiger partial charge in [-0.05, 0) is 25.2 Å². The maximum Gasteiger partial charge on any atom is 0.0499 e. The van der Waals surface area contributed by atoms with Crippen molar-refractivity contribution in [3.63, 3.8) is 0 Å². The van der Waals surface area contributed by atoms with Gasteiger partial charge in [0.15, 0.2) is 0 Å². The first-order valence-electron chi connectivity index (χ1n) is 7.09. The minimum Gasteiger partial charge on any atom is -0.396 e. The molecule has 0 saturated heterocycles. The fourth-order valence-corrected chi connectivity index (χ4v) is 2.85. The van der Waals surface area contributed by atoms with Gasteiger partial charge < -0.3 is 15.5 Å². The van der Waals surface area contributed by atoms with E-state index in [4.69, 9.17) is 5.11 Å². The van der Waals surface area contributed by atoms with Gasteiger partial charge in [0.05, 0.1) is 0 Å². The fraction of sp³-hybridized carbons (Fsp3) is 1.00. The average molecular weight is 243 g/mol. The maximum atomic E-state index is 9.63. The Morgan fingerprint density at radius 3 is 2.24 bits per heavy atom. The lowest BCUT2D eigenvalue weighted by Crippen LogP contribution is -2.45. The van der Waals surface area contributed by atoms with Gasteiger partial charge in [-0.15, -0.1) is 0 Å². The molecular weight excluding hydrogens is 214 g/mol. The van der Waals surface area contributed by atoms with Crippen LogP contribution in [0.5, 0.6) is 0 Å². The summed E-state index contributed by atoms with van der Waals surface area (Å²) in [6.45, 7) is 5.79. The van der Waals surface area contributed by atoms with E-state index in [1.54, 1.807) is 0 Å². The van der Waals surface area contributed by atoms with Gasteiger partial charge in [-0.25, -0.2) is 0 Å². The topological polar surface area (TPSA) is 52.5 Å². The molecule has 0 spiro atoms. The third kappa shape index (κ3) is 4.57. The molecule has 3 heteroatoms. The number of hydrogen-bond acceptors (Lipinski definition) is 3. The molecule has 1 aliphatic carbocycles. The van der Waals surface area contributed by atoms with Crippen LogP contribution in [0, 0.1) is 11.3 Å². The van der Waals surface area contributed by atoms with E-state index in [9.17, 15) is 5.11 Å². The first-order valence-corrected chi connectivity index (χ1v) is 7.09. The maximum absolute atomic E-state index is 9.63. The Hall–Kier alpha value is -0.120. The van der Waals surface area contributed by atoms with Crippen molar-refractivity contribution in [1.29, 1.82) is 0 Å². The Labute approximate surface area is 106 Å². The number of nitrogens with one attached hydrogen (secondary N) is 1. The monoisotopic (exact) mass is 243 g/mol. The summed E-state index contributed by atoms with van der Waals surface area (Å²) in [5.74, 6) is 0.529. The van der Waals surface area contributed by atoms with Crippen molar-refractivity contribution in [2.75, 3.05) is 19.8 Å². The molecule has 1 fully saturated rings. The molecule has 102 valence electrons. The van der Waals surface area contributed by atoms with E-state index in [2.05, 4.69) is 19.2 Å². The molecule has 3 nitrogen and oxygen atoms in total. The highest BCUT2D eigenvalue weighted by atomic mass is 16.3. The van der Waals surface area contributed by atoms with Crippen molar-refractivity contribution >= 4 is 0 Å². The normalized spacial score (nSPS) is 21.7. The van der Waals surface area contributed by atoms with Gasteiger partial charge in [0, 0.05) is 31.2 Å². The molecule has 0 aliphatic heterocycles. The number of aliphatic hydroxyl groups excluding tert-OH is 2. The molecule has 0 aromatic rings. The van der Waals surface area contributed by atoms with Crippen LogP contribution in [0.1, 0.15) is 52.4 Å². The fourth-order valence-electron chi connectivity index (χ4n) is 2.85. The third-order valence-electron chi connectivity index (χ3n) is 4.23. The first kappa shape index (κ1) is 14.9. The van der Waals surface area contributed by atoms with E-state index < -0.39 is 0 Å². The van der Waals surface area contributed by atoms with Gasteiger partial charge in [0.25, 0.3) is 0 Å². The zero-order valence-corrected chi connectivity index (χ0v) is 11.4. The summed E-state index contributed by atoms with van der Waals surface area (Å²) in [6, 6.07) is 0.366. The quantitative estimate of drug-likeness (QED) is 0.640. The van der Waals surface area contributed by atoms with Crippen molar-refractivity contribution in [3.05, 3.63) is 0 Å². The molecule has 1 atom stereocenters. The SMILES string of the molecule is CC(C)C(CCO)NCC1(CO)CCCCC1. The van der Waals surface area contributed by atoms with Crippen LogP contribution in [0.25, 0.3) is 0 Å². The predicted octanol–water partition coefficient (Wildman–Crippen LogP) is 1.93. The molecule has 0 bridgehead atoms. The second kappa shape index (κ2) is 7.34. The second-order valence-electron chi connectivity index (χ2n) is 5.96. The molecular formula is C14H29NO2. The summed E-state index contributed by atoms with van der Waals surface area (Å²) >= 11 is 0. The lowest BCUT2D eigenvalue weighted by Gasteiger charge is -2.37. The Kier molecular flexibility index (Phi) is 6.45. The highest BCUT2D eigenvalue weighted by Gasteiger charge is 2.31. The molecule has 0 aromatic heterocycles. The predicted molar refractivity (Wildman–Crippen MR) is 70.9 cm³/mol. The summed E-state index contributed by atoms with van der Waals surface area (Å²) < 4.78 is 0. The van der Waals surface area contributed by atoms with Crippen molar-refractivity contribution in [1.82, 2.24) is 5.32 Å². The summed E-state index contributed by atoms with van der Waals surface area (Å²) in [5, 5.41) is 22.2. The zero-order valence-electron chi connectivity index (χ0n) is 11.4. The molecule has 0 heterocycles. The standard InChI is InChI=1S/C14H29NO2/c1-12(2)13(6-9-16)15-10-14(11-17)7-4-3-5-8-14/h12-13,15-17H,3-11H2,1-2H3. The van der Waals surface area contributed by atoms with Gasteiger partial charge in [0.1, 0.15) is 0 Å². The lowest BCUT2D eigenvalue weighted by molar-refractivity contribution is 0.0746. The Bertz CT molecular complexity index is 200. The van der Waals surface area contributed by atoms with E-state index in [-0.39, 0.29) is 12.0 Å². The van der Waals surface area contributed by atoms with Gasteiger partial charge in [0.2, 0.25) is 0 Å². The highest BCUT2D eigenvalue weighted by molar-refractivity contribution is 4.86. The molecule has 1 rings (SSSR count). The van der Waals surface area contributed by atoms with Gasteiger partial charge in [-0.2, -0.15) is 0 Å². The van der Waals surface area contributed by atoms with Crippen LogP contribution >= 0.6 is 0 Å². The minimum atomic E-state index is 0.0981. The van der Waals surface area contributed by atoms with Crippen LogP contribution in [-0.2, 0) is 0 Å². The summed E-state index contributed by atoms with van der Waals surface area (Å²) in [5.41, 5.74) is 0.0981. The number of hydrogen-bond donors (Lipinski definition) is 3. The van der Waals surface area contributed by atoms with E-state index >= 15 is 0 Å². The van der Waals surface area contributed by atoms with Gasteiger partial charge >= 0.3 is 0 Å². The zero-order chi connectivity index (χ0) is 12.7. The minimum absolute atomic E-state index is 0.0981. The van der Waals surface area contributed by atoms with E-state index in [1.807, 2.05) is 0 Å². The number of rotatable bonds is 7. The van der Waals surface area contributed by atoms with Gasteiger partial charge in [-0.1, -0.05) is 33.1 Å². The van der Waals surface area contributed by atoms with E-state index in [0.717, 1.165) is 25.8 Å². The molecule has 1 saturated carbocycles. The summed E-state index contributed by atoms with van der Waals surface area (Å²) in [6.07, 6.45) is 6.88. The third-order valence-corrected chi connectivity index (χ3v) is 4.23. The van der Waals surface area contributed by atoms with Crippen LogP contribution < -0.4 is 5.32 Å². The van der Waals surface area contributed by atoms with Crippen LogP contribution in [0.4, 0.5) is 0 Å². The van der Waals surface area contributed by atoms with Crippen LogP contribution in [0.2, 0.25) is 0 Å². The van der Waals surface area contributed by atoms with Crippen LogP contribution in [0.3, 0.4) is 0 Å². The molecule has 17 heavy (non-hydrogen) atoms. The van der Waals surface area contributed by atoms with E-state index in [1.165, 1.54) is 19.3 Å². The van der Waals surface area contributed by atoms with Crippen molar-refractivity contribution in [2.24, 2.45) is 11.3 Å². The highest BCUT2D eigenvalue weighted by Crippen LogP contribution is 2.35. The van der Waals surface area contributed by atoms with Crippen molar-refractivity contribution < 1.29 is 10.2 Å². The van der Waals surface area contributed by atoms with Gasteiger partial charge in [-0.3, -0.25) is 0 Å². The summed E-state index contributed by atoms with van der Waals surface area (Å²) in [4.78, 5) is 0. The van der Waals surface area contributed by atoms with Crippen molar-refractivity contribution in [3.8, 4) is 0 Å².